The molecular formula is C65H45N. The van der Waals surface area contributed by atoms with Crippen molar-refractivity contribution in [3.63, 3.8) is 0 Å². The van der Waals surface area contributed by atoms with E-state index in [4.69, 9.17) is 0 Å². The predicted octanol–water partition coefficient (Wildman–Crippen LogP) is 17.3. The molecule has 66 heavy (non-hydrogen) atoms. The summed E-state index contributed by atoms with van der Waals surface area (Å²) < 4.78 is 0. The maximum atomic E-state index is 2.51. The zero-order valence-electron chi connectivity index (χ0n) is 36.4. The molecule has 0 radical (unpaired) electrons. The SMILES string of the molecule is c1ccc(-c2ccc(N(c3ccc(-c4ccc(-c5ccccc5-c5ccccc5)cc4)cc3)c3c4c(cc5ccccc35)C(c3ccccc3)(c3ccccc3)c3ccccc3-4)cc2)cc1. The maximum Gasteiger partial charge on any atom is 0.0714 e. The Hall–Kier alpha value is -8.52. The molecule has 0 saturated heterocycles. The largest absolute Gasteiger partial charge is 0.309 e. The van der Waals surface area contributed by atoms with Gasteiger partial charge in [-0.2, -0.15) is 0 Å². The Balaban J connectivity index is 1.05. The van der Waals surface area contributed by atoms with Crippen molar-refractivity contribution in [1.82, 2.24) is 0 Å². The van der Waals surface area contributed by atoms with Crippen molar-refractivity contribution >= 4 is 27.8 Å². The van der Waals surface area contributed by atoms with Crippen LogP contribution in [0.5, 0.6) is 0 Å². The van der Waals surface area contributed by atoms with Gasteiger partial charge in [-0.1, -0.05) is 243 Å². The van der Waals surface area contributed by atoms with E-state index in [2.05, 4.69) is 278 Å². The Labute approximate surface area is 387 Å². The molecule has 0 bridgehead atoms. The van der Waals surface area contributed by atoms with E-state index in [1.807, 2.05) is 0 Å². The zero-order valence-corrected chi connectivity index (χ0v) is 36.4. The van der Waals surface area contributed by atoms with Crippen LogP contribution in [-0.2, 0) is 5.41 Å². The third-order valence-electron chi connectivity index (χ3n) is 13.6. The minimum atomic E-state index is -0.548. The molecule has 0 spiro atoms. The highest BCUT2D eigenvalue weighted by Crippen LogP contribution is 2.61. The summed E-state index contributed by atoms with van der Waals surface area (Å²) in [6.07, 6.45) is 0. The van der Waals surface area contributed by atoms with Crippen LogP contribution in [0.4, 0.5) is 17.1 Å². The number of anilines is 3. The molecule has 0 fully saturated rings. The second-order valence-corrected chi connectivity index (χ2v) is 17.2. The molecular weight excluding hydrogens is 795 g/mol. The van der Waals surface area contributed by atoms with Crippen LogP contribution in [0.2, 0.25) is 0 Å². The van der Waals surface area contributed by atoms with Gasteiger partial charge in [0.25, 0.3) is 0 Å². The molecule has 11 aromatic rings. The number of rotatable bonds is 9. The van der Waals surface area contributed by atoms with Crippen LogP contribution in [-0.4, -0.2) is 0 Å². The average molecular weight is 840 g/mol. The first-order valence-corrected chi connectivity index (χ1v) is 22.8. The van der Waals surface area contributed by atoms with Gasteiger partial charge in [-0.3, -0.25) is 0 Å². The van der Waals surface area contributed by atoms with E-state index < -0.39 is 5.41 Å². The van der Waals surface area contributed by atoms with E-state index in [1.54, 1.807) is 0 Å². The Morgan fingerprint density at radius 2 is 0.652 bits per heavy atom. The third kappa shape index (κ3) is 6.56. The molecule has 1 nitrogen and oxygen atoms in total. The van der Waals surface area contributed by atoms with Crippen LogP contribution in [0, 0.1) is 0 Å². The molecule has 1 aliphatic rings. The number of hydrogen-bond acceptors (Lipinski definition) is 1. The van der Waals surface area contributed by atoms with E-state index >= 15 is 0 Å². The number of fused-ring (bicyclic) bond motifs is 4. The standard InChI is InChI=1S/C65H45N/c1-5-19-46(20-6-1)48-37-41-55(42-38-48)66(56-43-39-49(40-44-56)47-33-35-51(36-34-47)58-29-16-15-28-57(58)50-21-7-2-8-22-50)64-59-30-14-13-23-52(59)45-62-63(64)60-31-17-18-32-61(60)65(62,53-24-9-3-10-25-53)54-26-11-4-12-27-54/h1-45H. The summed E-state index contributed by atoms with van der Waals surface area (Å²) >= 11 is 0. The van der Waals surface area contributed by atoms with Crippen molar-refractivity contribution < 1.29 is 0 Å². The molecule has 11 aromatic carbocycles. The highest BCUT2D eigenvalue weighted by Gasteiger charge is 2.48. The van der Waals surface area contributed by atoms with Crippen molar-refractivity contribution in [2.45, 2.75) is 5.41 Å². The van der Waals surface area contributed by atoms with Gasteiger partial charge < -0.3 is 4.90 Å². The molecule has 0 N–H and O–H groups in total. The van der Waals surface area contributed by atoms with Crippen molar-refractivity contribution in [1.29, 1.82) is 0 Å². The average Bonchev–Trinajstić information content (AvgIpc) is 3.70. The molecule has 0 amide bonds. The van der Waals surface area contributed by atoms with Gasteiger partial charge in [-0.25, -0.2) is 0 Å². The minimum Gasteiger partial charge on any atom is -0.309 e. The molecule has 0 atom stereocenters. The summed E-state index contributed by atoms with van der Waals surface area (Å²) in [7, 11) is 0. The van der Waals surface area contributed by atoms with Crippen LogP contribution in [0.25, 0.3) is 66.4 Å². The van der Waals surface area contributed by atoms with Crippen LogP contribution in [0.1, 0.15) is 22.3 Å². The van der Waals surface area contributed by atoms with Crippen LogP contribution in [0.15, 0.2) is 273 Å². The third-order valence-corrected chi connectivity index (χ3v) is 13.6. The fourth-order valence-electron chi connectivity index (χ4n) is 10.6. The summed E-state index contributed by atoms with van der Waals surface area (Å²) in [4.78, 5) is 2.51. The lowest BCUT2D eigenvalue weighted by atomic mass is 9.67. The second kappa shape index (κ2) is 16.6. The summed E-state index contributed by atoms with van der Waals surface area (Å²) in [6, 6.07) is 100. The first kappa shape index (κ1) is 39.1. The summed E-state index contributed by atoms with van der Waals surface area (Å²) in [6.45, 7) is 0. The van der Waals surface area contributed by atoms with Crippen LogP contribution < -0.4 is 4.90 Å². The summed E-state index contributed by atoms with van der Waals surface area (Å²) in [5.41, 5.74) is 20.0. The predicted molar refractivity (Wildman–Crippen MR) is 278 cm³/mol. The van der Waals surface area contributed by atoms with Gasteiger partial charge in [0.05, 0.1) is 11.1 Å². The first-order chi connectivity index (χ1) is 32.8. The van der Waals surface area contributed by atoms with E-state index in [-0.39, 0.29) is 0 Å². The van der Waals surface area contributed by atoms with Crippen LogP contribution in [0.3, 0.4) is 0 Å². The summed E-state index contributed by atoms with van der Waals surface area (Å²) in [5, 5.41) is 2.40. The van der Waals surface area contributed by atoms with Gasteiger partial charge in [-0.15, -0.1) is 0 Å². The number of nitrogens with zero attached hydrogens (tertiary/aromatic N) is 1. The van der Waals surface area contributed by atoms with Crippen molar-refractivity contribution in [2.24, 2.45) is 0 Å². The van der Waals surface area contributed by atoms with E-state index in [9.17, 15) is 0 Å². The fraction of sp³-hybridized carbons (Fsp3) is 0.0154. The van der Waals surface area contributed by atoms with Gasteiger partial charge in [-0.05, 0) is 108 Å². The molecule has 0 aliphatic heterocycles. The van der Waals surface area contributed by atoms with E-state index in [0.29, 0.717) is 0 Å². The molecule has 12 rings (SSSR count). The number of hydrogen-bond donors (Lipinski definition) is 0. The van der Waals surface area contributed by atoms with E-state index in [1.165, 1.54) is 94.3 Å². The molecule has 310 valence electrons. The Morgan fingerprint density at radius 1 is 0.273 bits per heavy atom. The zero-order chi connectivity index (χ0) is 43.9. The van der Waals surface area contributed by atoms with Crippen molar-refractivity contribution in [3.8, 4) is 55.6 Å². The minimum absolute atomic E-state index is 0.548. The topological polar surface area (TPSA) is 3.24 Å². The van der Waals surface area contributed by atoms with Gasteiger partial charge in [0.1, 0.15) is 0 Å². The smallest absolute Gasteiger partial charge is 0.0714 e. The lowest BCUT2D eigenvalue weighted by Crippen LogP contribution is -2.28. The van der Waals surface area contributed by atoms with Gasteiger partial charge in [0.15, 0.2) is 0 Å². The number of benzene rings is 11. The molecule has 0 saturated carbocycles. The molecule has 1 aliphatic carbocycles. The summed E-state index contributed by atoms with van der Waals surface area (Å²) in [5.74, 6) is 0. The molecule has 0 heterocycles. The Morgan fingerprint density at radius 3 is 1.20 bits per heavy atom. The van der Waals surface area contributed by atoms with Gasteiger partial charge in [0, 0.05) is 22.3 Å². The Bertz CT molecular complexity index is 3430. The van der Waals surface area contributed by atoms with Crippen LogP contribution >= 0.6 is 0 Å². The molecule has 0 aromatic heterocycles. The maximum absolute atomic E-state index is 2.51. The quantitative estimate of drug-likeness (QED) is 0.140. The lowest BCUT2D eigenvalue weighted by Gasteiger charge is -2.35. The van der Waals surface area contributed by atoms with Crippen molar-refractivity contribution in [3.05, 3.63) is 295 Å². The Kier molecular flexibility index (Phi) is 9.81. The molecule has 1 heteroatoms. The first-order valence-electron chi connectivity index (χ1n) is 22.8. The molecule has 0 unspecified atom stereocenters. The van der Waals surface area contributed by atoms with Gasteiger partial charge >= 0.3 is 0 Å². The van der Waals surface area contributed by atoms with Crippen molar-refractivity contribution in [2.75, 3.05) is 4.90 Å². The normalized spacial score (nSPS) is 12.4. The highest BCUT2D eigenvalue weighted by atomic mass is 15.1. The van der Waals surface area contributed by atoms with Gasteiger partial charge in [0.2, 0.25) is 0 Å². The highest BCUT2D eigenvalue weighted by molar-refractivity contribution is 6.11. The van der Waals surface area contributed by atoms with E-state index in [0.717, 1.165) is 11.4 Å². The fourth-order valence-corrected chi connectivity index (χ4v) is 10.6. The lowest BCUT2D eigenvalue weighted by molar-refractivity contribution is 0.769. The monoisotopic (exact) mass is 839 g/mol. The second-order valence-electron chi connectivity index (χ2n) is 17.2.